The van der Waals surface area contributed by atoms with Crippen LogP contribution in [-0.4, -0.2) is 17.5 Å². The summed E-state index contributed by atoms with van der Waals surface area (Å²) in [6, 6.07) is 13.3. The third-order valence-corrected chi connectivity index (χ3v) is 4.46. The van der Waals surface area contributed by atoms with E-state index in [2.05, 4.69) is 21.2 Å². The van der Waals surface area contributed by atoms with E-state index >= 15 is 0 Å². The quantitative estimate of drug-likeness (QED) is 0.563. The lowest BCUT2D eigenvalue weighted by atomic mass is 10.1. The topological polar surface area (TPSA) is 29.1 Å². The maximum absolute atomic E-state index is 12.3. The third kappa shape index (κ3) is 4.50. The summed E-state index contributed by atoms with van der Waals surface area (Å²) in [6.45, 7) is 0. The fourth-order valence-corrected chi connectivity index (χ4v) is 2.97. The highest BCUT2D eigenvalue weighted by Gasteiger charge is 2.11. The third-order valence-electron chi connectivity index (χ3n) is 3.01. The number of rotatable bonds is 5. The molecule has 1 amide bonds. The lowest BCUT2D eigenvalue weighted by Gasteiger charge is -2.09. The van der Waals surface area contributed by atoms with E-state index in [1.807, 2.05) is 42.7 Å². The Morgan fingerprint density at radius 1 is 1.24 bits per heavy atom. The molecule has 0 aliphatic rings. The molecular weight excluding hydrogens is 370 g/mol. The average molecular weight is 385 g/mol. The van der Waals surface area contributed by atoms with Crippen molar-refractivity contribution in [3.63, 3.8) is 0 Å². The van der Waals surface area contributed by atoms with Crippen molar-refractivity contribution < 1.29 is 4.79 Å². The smallest absolute Gasteiger partial charge is 0.257 e. The molecule has 110 valence electrons. The largest absolute Gasteiger partial charge is 0.322 e. The molecule has 2 aromatic rings. The van der Waals surface area contributed by atoms with Crippen molar-refractivity contribution >= 4 is 50.9 Å². The van der Waals surface area contributed by atoms with Crippen LogP contribution in [0.3, 0.4) is 0 Å². The van der Waals surface area contributed by atoms with Gasteiger partial charge in [0.05, 0.1) is 10.6 Å². The Morgan fingerprint density at radius 2 is 1.95 bits per heavy atom. The normalized spacial score (nSPS) is 10.4. The van der Waals surface area contributed by atoms with Crippen molar-refractivity contribution in [1.29, 1.82) is 0 Å². The second-order valence-corrected chi connectivity index (χ2v) is 6.52. The molecule has 0 heterocycles. The lowest BCUT2D eigenvalue weighted by Crippen LogP contribution is -2.12. The number of aryl methyl sites for hydroxylation is 1. The number of benzene rings is 2. The van der Waals surface area contributed by atoms with Crippen molar-refractivity contribution in [2.45, 2.75) is 11.3 Å². The summed E-state index contributed by atoms with van der Waals surface area (Å²) in [7, 11) is 0. The fourth-order valence-electron chi connectivity index (χ4n) is 1.87. The molecule has 2 rings (SSSR count). The van der Waals surface area contributed by atoms with Gasteiger partial charge in [-0.05, 0) is 48.6 Å². The summed E-state index contributed by atoms with van der Waals surface area (Å²) in [5.74, 6) is -0.191. The maximum atomic E-state index is 12.3. The van der Waals surface area contributed by atoms with Gasteiger partial charge in [-0.25, -0.2) is 0 Å². The predicted octanol–water partition coefficient (Wildman–Crippen LogP) is 5.25. The van der Waals surface area contributed by atoms with Crippen molar-refractivity contribution in [3.05, 3.63) is 58.6 Å². The number of hydrogen-bond acceptors (Lipinski definition) is 2. The minimum Gasteiger partial charge on any atom is -0.322 e. The van der Waals surface area contributed by atoms with Crippen LogP contribution in [0.1, 0.15) is 15.9 Å². The molecule has 0 bridgehead atoms. The highest BCUT2D eigenvalue weighted by Crippen LogP contribution is 2.24. The van der Waals surface area contributed by atoms with Crippen molar-refractivity contribution in [2.24, 2.45) is 0 Å². The number of hydrogen-bond donors (Lipinski definition) is 1. The molecule has 0 saturated heterocycles. The monoisotopic (exact) mass is 383 g/mol. The van der Waals surface area contributed by atoms with E-state index in [0.29, 0.717) is 10.6 Å². The van der Waals surface area contributed by atoms with Crippen LogP contribution in [0.25, 0.3) is 0 Å². The Hall–Kier alpha value is -0.970. The van der Waals surface area contributed by atoms with Crippen molar-refractivity contribution in [1.82, 2.24) is 0 Å². The molecule has 0 spiro atoms. The standard InChI is InChI=1S/C16H15BrClNOS/c1-21-13-6-7-15(18)14(10-13)16(20)19-12-4-2-11(3-5-12)8-9-17/h2-7,10H,8-9H2,1H3,(H,19,20). The zero-order valence-electron chi connectivity index (χ0n) is 11.5. The van der Waals surface area contributed by atoms with Crippen LogP contribution in [0.5, 0.6) is 0 Å². The van der Waals surface area contributed by atoms with Gasteiger partial charge in [0, 0.05) is 15.9 Å². The number of carbonyl (C=O) groups is 1. The molecule has 0 aromatic heterocycles. The zero-order valence-corrected chi connectivity index (χ0v) is 14.7. The van der Waals surface area contributed by atoms with Gasteiger partial charge in [0.25, 0.3) is 5.91 Å². The van der Waals surface area contributed by atoms with Gasteiger partial charge in [0.15, 0.2) is 0 Å². The number of halogens is 2. The van der Waals surface area contributed by atoms with Crippen LogP contribution in [0.15, 0.2) is 47.4 Å². The number of amides is 1. The Kier molecular flexibility index (Phi) is 6.15. The zero-order chi connectivity index (χ0) is 15.2. The van der Waals surface area contributed by atoms with Gasteiger partial charge in [-0.2, -0.15) is 0 Å². The van der Waals surface area contributed by atoms with Crippen LogP contribution in [0.4, 0.5) is 5.69 Å². The van der Waals surface area contributed by atoms with Crippen molar-refractivity contribution in [2.75, 3.05) is 16.9 Å². The Bertz CT molecular complexity index is 631. The van der Waals surface area contributed by atoms with Gasteiger partial charge < -0.3 is 5.32 Å². The first-order valence-electron chi connectivity index (χ1n) is 6.44. The van der Waals surface area contributed by atoms with E-state index < -0.39 is 0 Å². The molecule has 2 nitrogen and oxygen atoms in total. The molecule has 0 aliphatic heterocycles. The van der Waals surface area contributed by atoms with Gasteiger partial charge in [0.2, 0.25) is 0 Å². The lowest BCUT2D eigenvalue weighted by molar-refractivity contribution is 0.102. The summed E-state index contributed by atoms with van der Waals surface area (Å²) in [6.07, 6.45) is 2.93. The molecule has 0 fully saturated rings. The van der Waals surface area contributed by atoms with E-state index in [-0.39, 0.29) is 5.91 Å². The first kappa shape index (κ1) is 16.4. The molecule has 0 unspecified atom stereocenters. The first-order valence-corrected chi connectivity index (χ1v) is 9.16. The highest BCUT2D eigenvalue weighted by atomic mass is 79.9. The highest BCUT2D eigenvalue weighted by molar-refractivity contribution is 9.09. The van der Waals surface area contributed by atoms with E-state index in [4.69, 9.17) is 11.6 Å². The van der Waals surface area contributed by atoms with Gasteiger partial charge in [-0.1, -0.05) is 39.7 Å². The number of thioether (sulfide) groups is 1. The molecule has 2 aromatic carbocycles. The van der Waals surface area contributed by atoms with Gasteiger partial charge in [-0.15, -0.1) is 11.8 Å². The second kappa shape index (κ2) is 7.87. The molecule has 1 N–H and O–H groups in total. The fraction of sp³-hybridized carbons (Fsp3) is 0.188. The second-order valence-electron chi connectivity index (χ2n) is 4.44. The van der Waals surface area contributed by atoms with Crippen molar-refractivity contribution in [3.8, 4) is 0 Å². The molecule has 0 atom stereocenters. The van der Waals surface area contributed by atoms with E-state index in [1.165, 1.54) is 5.56 Å². The number of anilines is 1. The summed E-state index contributed by atoms with van der Waals surface area (Å²) in [5.41, 5.74) is 2.49. The van der Waals surface area contributed by atoms with Crippen LogP contribution in [-0.2, 0) is 6.42 Å². The molecule has 21 heavy (non-hydrogen) atoms. The van der Waals surface area contributed by atoms with E-state index in [1.54, 1.807) is 17.8 Å². The average Bonchev–Trinajstić information content (AvgIpc) is 2.50. The van der Waals surface area contributed by atoms with E-state index in [9.17, 15) is 4.79 Å². The van der Waals surface area contributed by atoms with Crippen LogP contribution in [0, 0.1) is 0 Å². The Labute approximate surface area is 142 Å². The van der Waals surface area contributed by atoms with E-state index in [0.717, 1.165) is 22.3 Å². The molecule has 0 radical (unpaired) electrons. The van der Waals surface area contributed by atoms with Gasteiger partial charge in [-0.3, -0.25) is 4.79 Å². The first-order chi connectivity index (χ1) is 10.1. The minimum atomic E-state index is -0.191. The van der Waals surface area contributed by atoms with Crippen LogP contribution in [0.2, 0.25) is 5.02 Å². The molecule has 0 aliphatic carbocycles. The number of carbonyl (C=O) groups excluding carboxylic acids is 1. The maximum Gasteiger partial charge on any atom is 0.257 e. The number of alkyl halides is 1. The minimum absolute atomic E-state index is 0.191. The van der Waals surface area contributed by atoms with Crippen LogP contribution >= 0.6 is 39.3 Å². The predicted molar refractivity (Wildman–Crippen MR) is 95.1 cm³/mol. The Balaban J connectivity index is 2.14. The van der Waals surface area contributed by atoms with Crippen LogP contribution < -0.4 is 5.32 Å². The molecular formula is C16H15BrClNOS. The summed E-state index contributed by atoms with van der Waals surface area (Å²) >= 11 is 11.1. The SMILES string of the molecule is CSc1ccc(Cl)c(C(=O)Nc2ccc(CCBr)cc2)c1. The number of nitrogens with one attached hydrogen (secondary N) is 1. The molecule has 0 saturated carbocycles. The molecule has 5 heteroatoms. The Morgan fingerprint density at radius 3 is 2.57 bits per heavy atom. The summed E-state index contributed by atoms with van der Waals surface area (Å²) in [4.78, 5) is 13.3. The summed E-state index contributed by atoms with van der Waals surface area (Å²) in [5, 5.41) is 4.26. The van der Waals surface area contributed by atoms with Gasteiger partial charge in [0.1, 0.15) is 0 Å². The summed E-state index contributed by atoms with van der Waals surface area (Å²) < 4.78 is 0. The van der Waals surface area contributed by atoms with Gasteiger partial charge >= 0.3 is 0 Å².